The molecule has 1 aliphatic rings. The molecule has 0 aromatic carbocycles. The van der Waals surface area contributed by atoms with E-state index in [0.29, 0.717) is 16.5 Å². The van der Waals surface area contributed by atoms with E-state index in [1.165, 1.54) is 25.3 Å². The fourth-order valence-corrected chi connectivity index (χ4v) is 4.03. The Morgan fingerprint density at radius 1 is 1.22 bits per heavy atom. The number of halogens is 3. The number of alkyl halides is 3. The van der Waals surface area contributed by atoms with Gasteiger partial charge in [-0.25, -0.2) is 9.97 Å². The Bertz CT molecular complexity index is 1190. The number of thiazole rings is 1. The van der Waals surface area contributed by atoms with E-state index >= 15 is 0 Å². The fourth-order valence-electron chi connectivity index (χ4n) is 3.33. The second-order valence-corrected chi connectivity index (χ2v) is 8.90. The summed E-state index contributed by atoms with van der Waals surface area (Å²) < 4.78 is 45.2. The molecule has 0 saturated carbocycles. The van der Waals surface area contributed by atoms with Crippen LogP contribution in [0.5, 0.6) is 5.75 Å². The summed E-state index contributed by atoms with van der Waals surface area (Å²) in [6.45, 7) is 5.27. The Balaban J connectivity index is 1.62. The van der Waals surface area contributed by atoms with Crippen LogP contribution in [0.4, 0.5) is 29.8 Å². The Labute approximate surface area is 186 Å². The van der Waals surface area contributed by atoms with Crippen molar-refractivity contribution < 1.29 is 22.7 Å². The minimum absolute atomic E-state index is 0.000823. The maximum Gasteiger partial charge on any atom is 0.417 e. The average molecular weight is 463 g/mol. The molecule has 0 radical (unpaired) electrons. The Hall–Kier alpha value is -3.21. The zero-order valence-corrected chi connectivity index (χ0v) is 18.6. The van der Waals surface area contributed by atoms with E-state index < -0.39 is 17.6 Å². The smallest absolute Gasteiger partial charge is 0.417 e. The highest BCUT2D eigenvalue weighted by molar-refractivity contribution is 7.14. The highest BCUT2D eigenvalue weighted by Gasteiger charge is 2.33. The van der Waals surface area contributed by atoms with Gasteiger partial charge in [-0.05, 0) is 26.0 Å². The van der Waals surface area contributed by atoms with E-state index in [9.17, 15) is 18.0 Å². The van der Waals surface area contributed by atoms with Crippen LogP contribution in [0.25, 0.3) is 11.4 Å². The van der Waals surface area contributed by atoms with Gasteiger partial charge in [0.05, 0.1) is 23.1 Å². The molecule has 1 N–H and O–H groups in total. The first-order valence-electron chi connectivity index (χ1n) is 9.65. The number of anilines is 3. The summed E-state index contributed by atoms with van der Waals surface area (Å²) in [5.74, 6) is 0.411. The second kappa shape index (κ2) is 7.73. The summed E-state index contributed by atoms with van der Waals surface area (Å²) in [6.07, 6.45) is -1.44. The highest BCUT2D eigenvalue weighted by Crippen LogP contribution is 2.38. The van der Waals surface area contributed by atoms with Crippen molar-refractivity contribution in [3.63, 3.8) is 0 Å². The zero-order chi connectivity index (χ0) is 23.3. The van der Waals surface area contributed by atoms with Gasteiger partial charge >= 0.3 is 6.18 Å². The normalized spacial score (nSPS) is 14.6. The molecule has 0 saturated heterocycles. The minimum atomic E-state index is -4.58. The summed E-state index contributed by atoms with van der Waals surface area (Å²) in [5.41, 5.74) is 1.08. The molecule has 168 valence electrons. The number of aromatic nitrogens is 3. The van der Waals surface area contributed by atoms with Crippen molar-refractivity contribution in [2.75, 3.05) is 17.3 Å². The molecule has 0 spiro atoms. The van der Waals surface area contributed by atoms with Crippen molar-refractivity contribution in [3.05, 3.63) is 41.0 Å². The molecule has 4 rings (SSSR count). The third-order valence-electron chi connectivity index (χ3n) is 4.97. The van der Waals surface area contributed by atoms with Crippen LogP contribution in [0.15, 0.2) is 29.9 Å². The highest BCUT2D eigenvalue weighted by atomic mass is 32.1. The molecule has 0 bridgehead atoms. The van der Waals surface area contributed by atoms with Gasteiger partial charge in [0.2, 0.25) is 5.91 Å². The number of ether oxygens (including phenoxy) is 1. The molecule has 0 fully saturated rings. The number of nitrogens with one attached hydrogen (secondary N) is 1. The Morgan fingerprint density at radius 2 is 1.97 bits per heavy atom. The number of carbonyl (C=O) groups excluding carboxylic acids is 1. The average Bonchev–Trinajstić information content (AvgIpc) is 3.28. The first kappa shape index (κ1) is 22.0. The van der Waals surface area contributed by atoms with Crippen LogP contribution in [0, 0.1) is 0 Å². The van der Waals surface area contributed by atoms with Crippen LogP contribution in [0.2, 0.25) is 0 Å². The van der Waals surface area contributed by atoms with Crippen LogP contribution < -0.4 is 15.0 Å². The number of hydrogen-bond acceptors (Lipinski definition) is 7. The number of pyridine rings is 2. The van der Waals surface area contributed by atoms with Crippen molar-refractivity contribution in [1.82, 2.24) is 15.0 Å². The molecule has 1 amide bonds. The fraction of sp³-hybridized carbons (Fsp3) is 0.333. The molecule has 11 heteroatoms. The van der Waals surface area contributed by atoms with Crippen LogP contribution in [0.1, 0.15) is 31.9 Å². The van der Waals surface area contributed by atoms with E-state index in [4.69, 9.17) is 4.74 Å². The van der Waals surface area contributed by atoms with E-state index in [1.54, 1.807) is 11.6 Å². The summed E-state index contributed by atoms with van der Waals surface area (Å²) in [5, 5.41) is 5.12. The number of nitrogens with zero attached hydrogens (tertiary/aromatic N) is 4. The minimum Gasteiger partial charge on any atom is -0.486 e. The lowest BCUT2D eigenvalue weighted by Gasteiger charge is -2.20. The van der Waals surface area contributed by atoms with Crippen LogP contribution >= 0.6 is 11.3 Å². The van der Waals surface area contributed by atoms with E-state index in [-0.39, 0.29) is 17.1 Å². The van der Waals surface area contributed by atoms with Gasteiger partial charge in [-0.2, -0.15) is 13.2 Å². The van der Waals surface area contributed by atoms with Gasteiger partial charge in [0.15, 0.2) is 10.9 Å². The third kappa shape index (κ3) is 4.38. The number of carbonyl (C=O) groups is 1. The standard InChI is InChI=1S/C21H20F3N5O2S/c1-11(30)29(4)16-6-13(21(22,23)24)8-26-18(16)28-19-27-15(10-32-19)14-5-12-7-20(2,3)31-17(12)9-25-14/h5-6,8-10H,7H2,1-4H3,(H,26,27,28). The summed E-state index contributed by atoms with van der Waals surface area (Å²) >= 11 is 1.25. The monoisotopic (exact) mass is 463 g/mol. The summed E-state index contributed by atoms with van der Waals surface area (Å²) in [4.78, 5) is 25.7. The zero-order valence-electron chi connectivity index (χ0n) is 17.7. The largest absolute Gasteiger partial charge is 0.486 e. The SMILES string of the molecule is CC(=O)N(C)c1cc(C(F)(F)F)cnc1Nc1nc(-c2cc3c(cn2)OC(C)(C)C3)cs1. The maximum atomic E-state index is 13.1. The molecule has 1 aliphatic heterocycles. The van der Waals surface area contributed by atoms with Crippen molar-refractivity contribution >= 4 is 33.9 Å². The molecule has 0 unspecified atom stereocenters. The molecular formula is C21H20F3N5O2S. The number of amides is 1. The van der Waals surface area contributed by atoms with Crippen molar-refractivity contribution in [1.29, 1.82) is 0 Å². The van der Waals surface area contributed by atoms with Gasteiger partial charge < -0.3 is 15.0 Å². The lowest BCUT2D eigenvalue weighted by atomic mass is 10.0. The predicted molar refractivity (Wildman–Crippen MR) is 115 cm³/mol. The van der Waals surface area contributed by atoms with Crippen molar-refractivity contribution in [2.24, 2.45) is 0 Å². The van der Waals surface area contributed by atoms with E-state index in [0.717, 1.165) is 34.9 Å². The predicted octanol–water partition coefficient (Wildman–Crippen LogP) is 5.06. The lowest BCUT2D eigenvalue weighted by Crippen LogP contribution is -2.24. The quantitative estimate of drug-likeness (QED) is 0.583. The molecule has 7 nitrogen and oxygen atoms in total. The van der Waals surface area contributed by atoms with Gasteiger partial charge in [-0.1, -0.05) is 0 Å². The van der Waals surface area contributed by atoms with Crippen molar-refractivity contribution in [3.8, 4) is 17.1 Å². The van der Waals surface area contributed by atoms with Gasteiger partial charge in [-0.3, -0.25) is 9.78 Å². The lowest BCUT2D eigenvalue weighted by molar-refractivity contribution is -0.137. The number of fused-ring (bicyclic) bond motifs is 1. The van der Waals surface area contributed by atoms with E-state index in [1.807, 2.05) is 19.9 Å². The van der Waals surface area contributed by atoms with Gasteiger partial charge in [-0.15, -0.1) is 11.3 Å². The topological polar surface area (TPSA) is 80.2 Å². The van der Waals surface area contributed by atoms with Crippen molar-refractivity contribution in [2.45, 2.75) is 39.0 Å². The first-order valence-corrected chi connectivity index (χ1v) is 10.5. The first-order chi connectivity index (χ1) is 14.9. The third-order valence-corrected chi connectivity index (χ3v) is 5.73. The molecular weight excluding hydrogens is 443 g/mol. The molecule has 4 heterocycles. The van der Waals surface area contributed by atoms with Gasteiger partial charge in [0.25, 0.3) is 0 Å². The second-order valence-electron chi connectivity index (χ2n) is 8.05. The van der Waals surface area contributed by atoms with Gasteiger partial charge in [0.1, 0.15) is 17.0 Å². The molecule has 0 aliphatic carbocycles. The number of hydrogen-bond donors (Lipinski definition) is 1. The molecule has 0 atom stereocenters. The molecule has 32 heavy (non-hydrogen) atoms. The molecule has 3 aromatic heterocycles. The van der Waals surface area contributed by atoms with Crippen LogP contribution in [-0.2, 0) is 17.4 Å². The van der Waals surface area contributed by atoms with Gasteiger partial charge in [0, 0.05) is 37.5 Å². The maximum absolute atomic E-state index is 13.1. The molecule has 3 aromatic rings. The summed E-state index contributed by atoms with van der Waals surface area (Å²) in [7, 11) is 1.38. The Morgan fingerprint density at radius 3 is 2.66 bits per heavy atom. The van der Waals surface area contributed by atoms with E-state index in [2.05, 4.69) is 20.3 Å². The Kier molecular flexibility index (Phi) is 5.32. The van der Waals surface area contributed by atoms with Crippen LogP contribution in [0.3, 0.4) is 0 Å². The summed E-state index contributed by atoms with van der Waals surface area (Å²) in [6, 6.07) is 2.81. The number of rotatable bonds is 4. The van der Waals surface area contributed by atoms with Crippen LogP contribution in [-0.4, -0.2) is 33.5 Å².